The van der Waals surface area contributed by atoms with Crippen LogP contribution in [0.4, 0.5) is 0 Å². The van der Waals surface area contributed by atoms with E-state index in [9.17, 15) is 0 Å². The van der Waals surface area contributed by atoms with Crippen LogP contribution in [0.1, 0.15) is 51.4 Å². The lowest BCUT2D eigenvalue weighted by molar-refractivity contribution is -0.0606. The molecule has 1 heterocycles. The molecule has 1 aliphatic carbocycles. The van der Waals surface area contributed by atoms with Crippen LogP contribution in [0.15, 0.2) is 0 Å². The molecule has 1 spiro atoms. The van der Waals surface area contributed by atoms with E-state index in [1.807, 2.05) is 0 Å². The van der Waals surface area contributed by atoms with Crippen LogP contribution in [-0.2, 0) is 4.74 Å². The summed E-state index contributed by atoms with van der Waals surface area (Å²) in [4.78, 5) is 0.600. The smallest absolute Gasteiger partial charge is 0.0753 e. The average Bonchev–Trinajstić information content (AvgIpc) is 2.49. The van der Waals surface area contributed by atoms with Crippen LogP contribution in [0.3, 0.4) is 0 Å². The van der Waals surface area contributed by atoms with Gasteiger partial charge in [-0.05, 0) is 25.7 Å². The third-order valence-corrected chi connectivity index (χ3v) is 3.70. The first kappa shape index (κ1) is 10.4. The van der Waals surface area contributed by atoms with Gasteiger partial charge < -0.3 is 10.5 Å². The van der Waals surface area contributed by atoms with Crippen LogP contribution in [0.5, 0.6) is 0 Å². The van der Waals surface area contributed by atoms with Crippen molar-refractivity contribution in [3.8, 4) is 0 Å². The van der Waals surface area contributed by atoms with Gasteiger partial charge in [-0.25, -0.2) is 0 Å². The molecule has 2 nitrogen and oxygen atoms in total. The lowest BCUT2D eigenvalue weighted by Gasteiger charge is -2.33. The van der Waals surface area contributed by atoms with Gasteiger partial charge in [-0.15, -0.1) is 0 Å². The van der Waals surface area contributed by atoms with Gasteiger partial charge in [0, 0.05) is 6.42 Å². The van der Waals surface area contributed by atoms with Crippen LogP contribution >= 0.6 is 12.2 Å². The Morgan fingerprint density at radius 1 is 1.29 bits per heavy atom. The van der Waals surface area contributed by atoms with Gasteiger partial charge in [-0.3, -0.25) is 0 Å². The number of hydrogen-bond donors (Lipinski definition) is 1. The first-order valence-corrected chi connectivity index (χ1v) is 6.07. The Morgan fingerprint density at radius 3 is 2.64 bits per heavy atom. The topological polar surface area (TPSA) is 35.2 Å². The molecule has 0 aromatic rings. The second kappa shape index (κ2) is 4.15. The van der Waals surface area contributed by atoms with Crippen molar-refractivity contribution in [2.75, 3.05) is 0 Å². The maximum Gasteiger partial charge on any atom is 0.0753 e. The lowest BCUT2D eigenvalue weighted by atomic mass is 9.83. The molecule has 0 radical (unpaired) electrons. The van der Waals surface area contributed by atoms with E-state index in [0.717, 1.165) is 12.8 Å². The monoisotopic (exact) mass is 213 g/mol. The van der Waals surface area contributed by atoms with E-state index >= 15 is 0 Å². The summed E-state index contributed by atoms with van der Waals surface area (Å²) in [5.41, 5.74) is 5.76. The SMILES string of the molecule is NC(=S)CC1CCC2(CCCCC2)O1. The third kappa shape index (κ3) is 2.26. The van der Waals surface area contributed by atoms with Gasteiger partial charge in [0.2, 0.25) is 0 Å². The molecule has 0 amide bonds. The van der Waals surface area contributed by atoms with Gasteiger partial charge in [0.1, 0.15) is 0 Å². The van der Waals surface area contributed by atoms with E-state index in [0.29, 0.717) is 11.1 Å². The highest BCUT2D eigenvalue weighted by Crippen LogP contribution is 2.42. The summed E-state index contributed by atoms with van der Waals surface area (Å²) in [7, 11) is 0. The molecule has 0 aromatic heterocycles. The molecule has 0 aromatic carbocycles. The summed E-state index contributed by atoms with van der Waals surface area (Å²) in [6.45, 7) is 0. The van der Waals surface area contributed by atoms with Gasteiger partial charge in [0.05, 0.1) is 16.7 Å². The van der Waals surface area contributed by atoms with Crippen LogP contribution in [0.25, 0.3) is 0 Å². The van der Waals surface area contributed by atoms with E-state index in [1.165, 1.54) is 38.5 Å². The molecule has 0 bridgehead atoms. The van der Waals surface area contributed by atoms with Gasteiger partial charge in [-0.1, -0.05) is 31.5 Å². The molecular weight excluding hydrogens is 194 g/mol. The normalized spacial score (nSPS) is 30.7. The molecule has 1 aliphatic heterocycles. The predicted octanol–water partition coefficient (Wildman–Crippen LogP) is 2.54. The Balaban J connectivity index is 1.89. The maximum absolute atomic E-state index is 6.13. The fourth-order valence-electron chi connectivity index (χ4n) is 2.83. The van der Waals surface area contributed by atoms with Gasteiger partial charge >= 0.3 is 0 Å². The Labute approximate surface area is 91.2 Å². The van der Waals surface area contributed by atoms with Crippen LogP contribution in [0, 0.1) is 0 Å². The highest BCUT2D eigenvalue weighted by atomic mass is 32.1. The van der Waals surface area contributed by atoms with E-state index in [1.54, 1.807) is 0 Å². The lowest BCUT2D eigenvalue weighted by Crippen LogP contribution is -2.32. The zero-order valence-electron chi connectivity index (χ0n) is 8.63. The molecule has 1 unspecified atom stereocenters. The number of hydrogen-bond acceptors (Lipinski definition) is 2. The van der Waals surface area contributed by atoms with Gasteiger partial charge in [-0.2, -0.15) is 0 Å². The minimum atomic E-state index is 0.216. The number of nitrogens with two attached hydrogens (primary N) is 1. The number of ether oxygens (including phenoxy) is 1. The predicted molar refractivity (Wildman–Crippen MR) is 61.3 cm³/mol. The van der Waals surface area contributed by atoms with Crippen molar-refractivity contribution in [2.45, 2.75) is 63.1 Å². The molecule has 2 N–H and O–H groups in total. The van der Waals surface area contributed by atoms with Gasteiger partial charge in [0.15, 0.2) is 0 Å². The largest absolute Gasteiger partial charge is 0.393 e. The Kier molecular flexibility index (Phi) is 3.07. The van der Waals surface area contributed by atoms with Crippen molar-refractivity contribution in [3.63, 3.8) is 0 Å². The molecule has 14 heavy (non-hydrogen) atoms. The average molecular weight is 213 g/mol. The summed E-state index contributed by atoms with van der Waals surface area (Å²) in [5, 5.41) is 0. The second-order valence-electron chi connectivity index (χ2n) is 4.69. The minimum absolute atomic E-state index is 0.216. The Bertz CT molecular complexity index is 223. The molecule has 2 rings (SSSR count). The van der Waals surface area contributed by atoms with E-state index in [4.69, 9.17) is 22.7 Å². The quantitative estimate of drug-likeness (QED) is 0.716. The Morgan fingerprint density at radius 2 is 2.00 bits per heavy atom. The number of rotatable bonds is 2. The molecule has 1 saturated heterocycles. The van der Waals surface area contributed by atoms with Crippen molar-refractivity contribution in [1.82, 2.24) is 0 Å². The molecule has 1 atom stereocenters. The standard InChI is InChI=1S/C11H19NOS/c12-10(14)8-9-4-7-11(13-9)5-2-1-3-6-11/h9H,1-8H2,(H2,12,14). The molecule has 2 fully saturated rings. The fraction of sp³-hybridized carbons (Fsp3) is 0.909. The first-order chi connectivity index (χ1) is 6.70. The van der Waals surface area contributed by atoms with Crippen LogP contribution < -0.4 is 5.73 Å². The summed E-state index contributed by atoms with van der Waals surface area (Å²) in [6.07, 6.45) is 10.0. The van der Waals surface area contributed by atoms with Crippen molar-refractivity contribution in [3.05, 3.63) is 0 Å². The molecular formula is C11H19NOS. The molecule has 1 saturated carbocycles. The Hall–Kier alpha value is -0.150. The number of thiocarbonyl (C=S) groups is 1. The van der Waals surface area contributed by atoms with E-state index in [-0.39, 0.29) is 5.60 Å². The molecule has 3 heteroatoms. The summed E-state index contributed by atoms with van der Waals surface area (Å²) < 4.78 is 6.13. The molecule has 2 aliphatic rings. The van der Waals surface area contributed by atoms with Crippen LogP contribution in [-0.4, -0.2) is 16.7 Å². The van der Waals surface area contributed by atoms with Crippen molar-refractivity contribution >= 4 is 17.2 Å². The summed E-state index contributed by atoms with van der Waals surface area (Å²) in [6, 6.07) is 0. The van der Waals surface area contributed by atoms with Crippen molar-refractivity contribution < 1.29 is 4.74 Å². The summed E-state index contributed by atoms with van der Waals surface area (Å²) >= 11 is 4.92. The minimum Gasteiger partial charge on any atom is -0.393 e. The first-order valence-electron chi connectivity index (χ1n) is 5.66. The van der Waals surface area contributed by atoms with E-state index < -0.39 is 0 Å². The maximum atomic E-state index is 6.13. The van der Waals surface area contributed by atoms with Gasteiger partial charge in [0.25, 0.3) is 0 Å². The van der Waals surface area contributed by atoms with Crippen molar-refractivity contribution in [1.29, 1.82) is 0 Å². The zero-order chi connectivity index (χ0) is 10.0. The molecule has 80 valence electrons. The highest BCUT2D eigenvalue weighted by molar-refractivity contribution is 7.80. The van der Waals surface area contributed by atoms with Crippen LogP contribution in [0.2, 0.25) is 0 Å². The highest BCUT2D eigenvalue weighted by Gasteiger charge is 2.40. The fourth-order valence-corrected chi connectivity index (χ4v) is 3.01. The van der Waals surface area contributed by atoms with E-state index in [2.05, 4.69) is 0 Å². The van der Waals surface area contributed by atoms with Crippen molar-refractivity contribution in [2.24, 2.45) is 5.73 Å². The third-order valence-electron chi connectivity index (χ3n) is 3.53. The second-order valence-corrected chi connectivity index (χ2v) is 5.22. The summed E-state index contributed by atoms with van der Waals surface area (Å²) in [5.74, 6) is 0. The zero-order valence-corrected chi connectivity index (χ0v) is 9.44.